The van der Waals surface area contributed by atoms with Crippen LogP contribution in [0, 0.1) is 0 Å². The molecule has 2 amide bonds. The van der Waals surface area contributed by atoms with Crippen molar-refractivity contribution in [2.75, 3.05) is 19.7 Å². The van der Waals surface area contributed by atoms with Crippen LogP contribution < -0.4 is 5.32 Å². The summed E-state index contributed by atoms with van der Waals surface area (Å²) in [5.74, 6) is -1.50. The van der Waals surface area contributed by atoms with Gasteiger partial charge in [0, 0.05) is 23.6 Å². The molecular formula is C26H30N2O5. The van der Waals surface area contributed by atoms with E-state index in [4.69, 9.17) is 9.84 Å². The molecule has 7 nitrogen and oxygen atoms in total. The third kappa shape index (κ3) is 5.61. The minimum absolute atomic E-state index is 0.0293. The summed E-state index contributed by atoms with van der Waals surface area (Å²) in [6.45, 7) is 6.83. The van der Waals surface area contributed by atoms with Crippen LogP contribution in [0.15, 0.2) is 60.2 Å². The molecule has 0 unspecified atom stereocenters. The second kappa shape index (κ2) is 9.90. The molecule has 174 valence electrons. The number of benzene rings is 2. The zero-order valence-corrected chi connectivity index (χ0v) is 19.4. The van der Waals surface area contributed by atoms with E-state index in [1.165, 1.54) is 4.90 Å². The number of amides is 2. The zero-order valence-electron chi connectivity index (χ0n) is 19.4. The lowest BCUT2D eigenvalue weighted by atomic mass is 9.98. The normalized spacial score (nSPS) is 13.2. The van der Waals surface area contributed by atoms with Gasteiger partial charge in [0.05, 0.1) is 0 Å². The second-order valence-corrected chi connectivity index (χ2v) is 9.05. The van der Waals surface area contributed by atoms with E-state index in [9.17, 15) is 14.4 Å². The number of carboxylic acids is 1. The fourth-order valence-electron chi connectivity index (χ4n) is 3.99. The molecule has 0 saturated carbocycles. The maximum atomic E-state index is 12.7. The summed E-state index contributed by atoms with van der Waals surface area (Å²) < 4.78 is 5.48. The van der Waals surface area contributed by atoms with Gasteiger partial charge in [-0.2, -0.15) is 0 Å². The SMILES string of the molecule is C/C(=C\CNC(=O)OCC1c2ccccc2-c2ccccc21)C(=O)N(CC(=O)O)C(C)(C)C. The van der Waals surface area contributed by atoms with Crippen LogP contribution in [0.1, 0.15) is 44.7 Å². The number of ether oxygens (including phenoxy) is 1. The van der Waals surface area contributed by atoms with Crippen LogP contribution in [-0.2, 0) is 14.3 Å². The Morgan fingerprint density at radius 1 is 1.03 bits per heavy atom. The number of fused-ring (bicyclic) bond motifs is 3. The number of carboxylic acid groups (broad SMARTS) is 1. The number of nitrogens with zero attached hydrogens (tertiary/aromatic N) is 1. The van der Waals surface area contributed by atoms with E-state index in [0.717, 1.165) is 22.3 Å². The molecule has 0 aromatic heterocycles. The molecule has 7 heteroatoms. The summed E-state index contributed by atoms with van der Waals surface area (Å²) in [5, 5.41) is 11.7. The number of hydrogen-bond acceptors (Lipinski definition) is 4. The van der Waals surface area contributed by atoms with Crippen LogP contribution in [0.2, 0.25) is 0 Å². The van der Waals surface area contributed by atoms with Gasteiger partial charge in [0.25, 0.3) is 0 Å². The Hall–Kier alpha value is -3.61. The third-order valence-electron chi connectivity index (χ3n) is 5.68. The molecule has 2 aromatic carbocycles. The minimum atomic E-state index is -1.08. The molecule has 0 radical (unpaired) electrons. The highest BCUT2D eigenvalue weighted by molar-refractivity contribution is 5.95. The molecule has 0 atom stereocenters. The zero-order chi connectivity index (χ0) is 24.2. The summed E-state index contributed by atoms with van der Waals surface area (Å²) in [6.07, 6.45) is 0.983. The molecule has 1 aliphatic rings. The maximum Gasteiger partial charge on any atom is 0.407 e. The summed E-state index contributed by atoms with van der Waals surface area (Å²) in [4.78, 5) is 37.4. The summed E-state index contributed by atoms with van der Waals surface area (Å²) >= 11 is 0. The van der Waals surface area contributed by atoms with Crippen molar-refractivity contribution >= 4 is 18.0 Å². The molecule has 0 bridgehead atoms. The van der Waals surface area contributed by atoms with Gasteiger partial charge in [0.1, 0.15) is 13.2 Å². The Bertz CT molecular complexity index is 1040. The van der Waals surface area contributed by atoms with Crippen molar-refractivity contribution in [1.82, 2.24) is 10.2 Å². The van der Waals surface area contributed by atoms with Crippen molar-refractivity contribution in [2.24, 2.45) is 0 Å². The first kappa shape index (κ1) is 24.0. The Balaban J connectivity index is 1.57. The fraction of sp³-hybridized carbons (Fsp3) is 0.346. The highest BCUT2D eigenvalue weighted by atomic mass is 16.5. The molecule has 0 saturated heterocycles. The standard InChI is InChI=1S/C26H30N2O5/c1-17(24(31)28(15-23(29)30)26(2,3)4)13-14-27-25(32)33-16-22-20-11-7-5-9-18(20)19-10-6-8-12-21(19)22/h5-13,22H,14-16H2,1-4H3,(H,27,32)(H,29,30)/b17-13+. The van der Waals surface area contributed by atoms with Gasteiger partial charge in [-0.05, 0) is 49.9 Å². The predicted molar refractivity (Wildman–Crippen MR) is 126 cm³/mol. The number of aliphatic carboxylic acids is 1. The maximum absolute atomic E-state index is 12.7. The minimum Gasteiger partial charge on any atom is -0.480 e. The molecule has 2 N–H and O–H groups in total. The number of carbonyl (C=O) groups is 3. The van der Waals surface area contributed by atoms with Crippen LogP contribution in [0.3, 0.4) is 0 Å². The fourth-order valence-corrected chi connectivity index (χ4v) is 3.99. The molecule has 0 heterocycles. The molecule has 0 aliphatic heterocycles. The highest BCUT2D eigenvalue weighted by Crippen LogP contribution is 2.44. The van der Waals surface area contributed by atoms with E-state index in [0.29, 0.717) is 5.57 Å². The monoisotopic (exact) mass is 450 g/mol. The van der Waals surface area contributed by atoms with Gasteiger partial charge in [-0.3, -0.25) is 9.59 Å². The average molecular weight is 451 g/mol. The van der Waals surface area contributed by atoms with E-state index < -0.39 is 24.1 Å². The Labute approximate surface area is 194 Å². The van der Waals surface area contributed by atoms with Crippen molar-refractivity contribution in [3.05, 3.63) is 71.3 Å². The Morgan fingerprint density at radius 2 is 1.58 bits per heavy atom. The van der Waals surface area contributed by atoms with Crippen LogP contribution >= 0.6 is 0 Å². The van der Waals surface area contributed by atoms with Gasteiger partial charge in [-0.1, -0.05) is 54.6 Å². The lowest BCUT2D eigenvalue weighted by Gasteiger charge is -2.34. The molecule has 33 heavy (non-hydrogen) atoms. The first-order valence-corrected chi connectivity index (χ1v) is 10.9. The number of nitrogens with one attached hydrogen (secondary N) is 1. The van der Waals surface area contributed by atoms with Crippen molar-refractivity contribution < 1.29 is 24.2 Å². The van der Waals surface area contributed by atoms with Gasteiger partial charge >= 0.3 is 12.1 Å². The molecule has 0 fully saturated rings. The summed E-state index contributed by atoms with van der Waals surface area (Å²) in [7, 11) is 0. The quantitative estimate of drug-likeness (QED) is 0.617. The number of alkyl carbamates (subject to hydrolysis) is 1. The molecule has 1 aliphatic carbocycles. The summed E-state index contributed by atoms with van der Waals surface area (Å²) in [6, 6.07) is 16.2. The van der Waals surface area contributed by atoms with Crippen LogP contribution in [-0.4, -0.2) is 53.2 Å². The van der Waals surface area contributed by atoms with Crippen LogP contribution in [0.5, 0.6) is 0 Å². The predicted octanol–water partition coefficient (Wildman–Crippen LogP) is 4.18. The van der Waals surface area contributed by atoms with E-state index in [1.54, 1.807) is 33.8 Å². The molecule has 3 rings (SSSR count). The molecular weight excluding hydrogens is 420 g/mol. The average Bonchev–Trinajstić information content (AvgIpc) is 3.08. The van der Waals surface area contributed by atoms with E-state index in [1.807, 2.05) is 24.3 Å². The van der Waals surface area contributed by atoms with Crippen LogP contribution in [0.4, 0.5) is 4.79 Å². The van der Waals surface area contributed by atoms with Crippen molar-refractivity contribution in [2.45, 2.75) is 39.2 Å². The first-order chi connectivity index (χ1) is 15.6. The Kier molecular flexibility index (Phi) is 7.21. The van der Waals surface area contributed by atoms with E-state index in [2.05, 4.69) is 29.6 Å². The first-order valence-electron chi connectivity index (χ1n) is 10.9. The third-order valence-corrected chi connectivity index (χ3v) is 5.68. The highest BCUT2D eigenvalue weighted by Gasteiger charge is 2.30. The van der Waals surface area contributed by atoms with Gasteiger partial charge in [0.15, 0.2) is 0 Å². The molecule has 0 spiro atoms. The second-order valence-electron chi connectivity index (χ2n) is 9.05. The topological polar surface area (TPSA) is 95.9 Å². The number of hydrogen-bond donors (Lipinski definition) is 2. The lowest BCUT2D eigenvalue weighted by Crippen LogP contribution is -2.48. The van der Waals surface area contributed by atoms with E-state index >= 15 is 0 Å². The largest absolute Gasteiger partial charge is 0.480 e. The number of carbonyl (C=O) groups excluding carboxylic acids is 2. The smallest absolute Gasteiger partial charge is 0.407 e. The van der Waals surface area contributed by atoms with E-state index in [-0.39, 0.29) is 25.0 Å². The molecule has 2 aromatic rings. The van der Waals surface area contributed by atoms with Crippen LogP contribution in [0.25, 0.3) is 11.1 Å². The number of rotatable bonds is 7. The van der Waals surface area contributed by atoms with Crippen molar-refractivity contribution in [1.29, 1.82) is 0 Å². The van der Waals surface area contributed by atoms with Gasteiger partial charge < -0.3 is 20.1 Å². The van der Waals surface area contributed by atoms with Gasteiger partial charge in [-0.25, -0.2) is 4.79 Å². The Morgan fingerprint density at radius 3 is 2.09 bits per heavy atom. The van der Waals surface area contributed by atoms with Gasteiger partial charge in [-0.15, -0.1) is 0 Å². The lowest BCUT2D eigenvalue weighted by molar-refractivity contribution is -0.146. The summed E-state index contributed by atoms with van der Waals surface area (Å²) in [5.41, 5.74) is 4.28. The van der Waals surface area contributed by atoms with Crippen molar-refractivity contribution in [3.63, 3.8) is 0 Å². The van der Waals surface area contributed by atoms with Crippen molar-refractivity contribution in [3.8, 4) is 11.1 Å². The van der Waals surface area contributed by atoms with Gasteiger partial charge in [0.2, 0.25) is 5.91 Å².